The molecule has 0 aliphatic rings. The predicted octanol–water partition coefficient (Wildman–Crippen LogP) is 1.21. The summed E-state index contributed by atoms with van der Waals surface area (Å²) in [6.45, 7) is 1.65. The van der Waals surface area contributed by atoms with Gasteiger partial charge < -0.3 is 14.7 Å². The lowest BCUT2D eigenvalue weighted by Crippen LogP contribution is -2.27. The van der Waals surface area contributed by atoms with Gasteiger partial charge in [-0.25, -0.2) is 0 Å². The molecular weight excluding hydrogens is 206 g/mol. The van der Waals surface area contributed by atoms with Gasteiger partial charge in [-0.3, -0.25) is 4.79 Å². The molecule has 0 fully saturated rings. The van der Waals surface area contributed by atoms with Gasteiger partial charge in [-0.05, 0) is 13.0 Å². The molecule has 1 rings (SSSR count). The first-order valence-electron chi connectivity index (χ1n) is 5.12. The van der Waals surface area contributed by atoms with Gasteiger partial charge in [-0.1, -0.05) is 18.2 Å². The van der Waals surface area contributed by atoms with E-state index in [1.807, 2.05) is 6.07 Å². The number of carbonyl (C=O) groups is 1. The van der Waals surface area contributed by atoms with Crippen LogP contribution in [-0.2, 0) is 4.79 Å². The van der Waals surface area contributed by atoms with E-state index in [4.69, 9.17) is 4.74 Å². The Bertz CT molecular complexity index is 361. The molecule has 0 spiro atoms. The highest BCUT2D eigenvalue weighted by Crippen LogP contribution is 2.24. The molecule has 88 valence electrons. The summed E-state index contributed by atoms with van der Waals surface area (Å²) in [5.74, 6) is 0.438. The Morgan fingerprint density at radius 3 is 2.62 bits per heavy atom. The topological polar surface area (TPSA) is 49.8 Å². The normalized spacial score (nSPS) is 12.0. The van der Waals surface area contributed by atoms with Gasteiger partial charge in [-0.2, -0.15) is 0 Å². The highest BCUT2D eigenvalue weighted by atomic mass is 16.5. The maximum Gasteiger partial charge on any atom is 0.259 e. The third-order valence-corrected chi connectivity index (χ3v) is 2.22. The van der Waals surface area contributed by atoms with E-state index in [2.05, 4.69) is 0 Å². The number of ether oxygens (including phenoxy) is 1. The lowest BCUT2D eigenvalue weighted by molar-refractivity contribution is -0.130. The number of aliphatic hydroxyl groups excluding tert-OH is 1. The van der Waals surface area contributed by atoms with Crippen LogP contribution in [0.1, 0.15) is 18.6 Å². The van der Waals surface area contributed by atoms with Crippen LogP contribution in [0.2, 0.25) is 0 Å². The fourth-order valence-corrected chi connectivity index (χ4v) is 1.23. The first-order valence-corrected chi connectivity index (χ1v) is 5.12. The number of hydrogen-bond donors (Lipinski definition) is 1. The zero-order chi connectivity index (χ0) is 12.1. The molecule has 1 atom stereocenters. The summed E-state index contributed by atoms with van der Waals surface area (Å²) in [4.78, 5) is 12.8. The smallest absolute Gasteiger partial charge is 0.259 e. The Morgan fingerprint density at radius 2 is 2.06 bits per heavy atom. The Morgan fingerprint density at radius 1 is 1.44 bits per heavy atom. The minimum absolute atomic E-state index is 0.0171. The number of nitrogens with zero attached hydrogens (tertiary/aromatic N) is 1. The minimum atomic E-state index is -0.606. The van der Waals surface area contributed by atoms with Crippen molar-refractivity contribution >= 4 is 5.91 Å². The molecule has 0 saturated heterocycles. The number of aliphatic hydroxyl groups is 1. The molecule has 0 unspecified atom stereocenters. The van der Waals surface area contributed by atoms with Crippen molar-refractivity contribution in [2.75, 3.05) is 20.7 Å². The lowest BCUT2D eigenvalue weighted by Gasteiger charge is -2.15. The summed E-state index contributed by atoms with van der Waals surface area (Å²) >= 11 is 0. The van der Waals surface area contributed by atoms with Gasteiger partial charge in [0.15, 0.2) is 6.61 Å². The van der Waals surface area contributed by atoms with Crippen LogP contribution in [0.4, 0.5) is 0 Å². The van der Waals surface area contributed by atoms with Crippen LogP contribution in [-0.4, -0.2) is 36.6 Å². The third-order valence-electron chi connectivity index (χ3n) is 2.22. The summed E-state index contributed by atoms with van der Waals surface area (Å²) in [7, 11) is 3.35. The van der Waals surface area contributed by atoms with E-state index in [1.165, 1.54) is 4.90 Å². The Kier molecular flexibility index (Phi) is 4.31. The van der Waals surface area contributed by atoms with E-state index in [1.54, 1.807) is 39.2 Å². The second kappa shape index (κ2) is 5.51. The van der Waals surface area contributed by atoms with Gasteiger partial charge in [0.2, 0.25) is 0 Å². The quantitative estimate of drug-likeness (QED) is 0.834. The first-order chi connectivity index (χ1) is 7.52. The molecule has 0 aliphatic carbocycles. The first kappa shape index (κ1) is 12.5. The van der Waals surface area contributed by atoms with Gasteiger partial charge >= 0.3 is 0 Å². The van der Waals surface area contributed by atoms with Gasteiger partial charge in [0, 0.05) is 19.7 Å². The van der Waals surface area contributed by atoms with E-state index < -0.39 is 6.10 Å². The number of para-hydroxylation sites is 1. The van der Waals surface area contributed by atoms with Crippen LogP contribution < -0.4 is 4.74 Å². The average molecular weight is 223 g/mol. The number of rotatable bonds is 4. The molecule has 0 aliphatic heterocycles. The maximum atomic E-state index is 11.3. The van der Waals surface area contributed by atoms with Crippen molar-refractivity contribution in [2.24, 2.45) is 0 Å². The van der Waals surface area contributed by atoms with Gasteiger partial charge in [0.25, 0.3) is 5.91 Å². The Labute approximate surface area is 95.5 Å². The SMILES string of the molecule is C[C@@H](O)c1ccccc1OCC(=O)N(C)C. The van der Waals surface area contributed by atoms with Crippen molar-refractivity contribution in [1.29, 1.82) is 0 Å². The summed E-state index contributed by atoms with van der Waals surface area (Å²) in [5, 5.41) is 9.50. The molecule has 1 amide bonds. The Balaban J connectivity index is 2.70. The van der Waals surface area contributed by atoms with Crippen LogP contribution in [0.5, 0.6) is 5.75 Å². The number of likely N-dealkylation sites (N-methyl/N-ethyl adjacent to an activating group) is 1. The van der Waals surface area contributed by atoms with E-state index in [9.17, 15) is 9.90 Å². The van der Waals surface area contributed by atoms with Crippen LogP contribution >= 0.6 is 0 Å². The molecular formula is C12H17NO3. The summed E-state index contributed by atoms with van der Waals surface area (Å²) < 4.78 is 5.37. The van der Waals surface area contributed by atoms with Crippen molar-refractivity contribution in [3.05, 3.63) is 29.8 Å². The van der Waals surface area contributed by atoms with Crippen LogP contribution in [0, 0.1) is 0 Å². The molecule has 4 nitrogen and oxygen atoms in total. The largest absolute Gasteiger partial charge is 0.483 e. The third kappa shape index (κ3) is 3.24. The van der Waals surface area contributed by atoms with Crippen molar-refractivity contribution in [3.8, 4) is 5.75 Å². The van der Waals surface area contributed by atoms with Gasteiger partial charge in [0.05, 0.1) is 6.10 Å². The number of carbonyl (C=O) groups excluding carboxylic acids is 1. The highest BCUT2D eigenvalue weighted by molar-refractivity contribution is 5.77. The average Bonchev–Trinajstić information content (AvgIpc) is 2.25. The molecule has 0 bridgehead atoms. The van der Waals surface area contributed by atoms with Crippen LogP contribution in [0.3, 0.4) is 0 Å². The highest BCUT2D eigenvalue weighted by Gasteiger charge is 2.10. The van der Waals surface area contributed by atoms with Crippen molar-refractivity contribution in [2.45, 2.75) is 13.0 Å². The fourth-order valence-electron chi connectivity index (χ4n) is 1.23. The number of hydrogen-bond acceptors (Lipinski definition) is 3. The van der Waals surface area contributed by atoms with Crippen LogP contribution in [0.15, 0.2) is 24.3 Å². The Hall–Kier alpha value is -1.55. The standard InChI is InChI=1S/C12H17NO3/c1-9(14)10-6-4-5-7-11(10)16-8-12(15)13(2)3/h4-7,9,14H,8H2,1-3H3/t9-/m1/s1. The van der Waals surface area contributed by atoms with Crippen molar-refractivity contribution in [3.63, 3.8) is 0 Å². The summed E-state index contributed by atoms with van der Waals surface area (Å²) in [6.07, 6.45) is -0.606. The molecule has 1 N–H and O–H groups in total. The van der Waals surface area contributed by atoms with E-state index in [0.717, 1.165) is 0 Å². The number of amides is 1. The van der Waals surface area contributed by atoms with Gasteiger partial charge in [0.1, 0.15) is 5.75 Å². The lowest BCUT2D eigenvalue weighted by atomic mass is 10.1. The molecule has 1 aromatic carbocycles. The second-order valence-electron chi connectivity index (χ2n) is 3.79. The molecule has 0 saturated carbocycles. The van der Waals surface area contributed by atoms with Crippen LogP contribution in [0.25, 0.3) is 0 Å². The van der Waals surface area contributed by atoms with Crippen molar-refractivity contribution in [1.82, 2.24) is 4.90 Å². The minimum Gasteiger partial charge on any atom is -0.483 e. The van der Waals surface area contributed by atoms with Gasteiger partial charge in [-0.15, -0.1) is 0 Å². The molecule has 0 radical (unpaired) electrons. The fraction of sp³-hybridized carbons (Fsp3) is 0.417. The van der Waals surface area contributed by atoms with E-state index >= 15 is 0 Å². The van der Waals surface area contributed by atoms with E-state index in [-0.39, 0.29) is 12.5 Å². The molecule has 4 heteroatoms. The molecule has 0 heterocycles. The van der Waals surface area contributed by atoms with Crippen molar-refractivity contribution < 1.29 is 14.6 Å². The van der Waals surface area contributed by atoms with E-state index in [0.29, 0.717) is 11.3 Å². The monoisotopic (exact) mass is 223 g/mol. The second-order valence-corrected chi connectivity index (χ2v) is 3.79. The predicted molar refractivity (Wildman–Crippen MR) is 61.3 cm³/mol. The maximum absolute atomic E-state index is 11.3. The summed E-state index contributed by atoms with van der Waals surface area (Å²) in [6, 6.07) is 7.15. The number of benzene rings is 1. The molecule has 0 aromatic heterocycles. The summed E-state index contributed by atoms with van der Waals surface area (Å²) in [5.41, 5.74) is 0.689. The zero-order valence-electron chi connectivity index (χ0n) is 9.80. The molecule has 1 aromatic rings. The zero-order valence-corrected chi connectivity index (χ0v) is 9.80. The molecule has 16 heavy (non-hydrogen) atoms.